The molecule has 0 bridgehead atoms. The Labute approximate surface area is 162 Å². The molecule has 0 atom stereocenters. The van der Waals surface area contributed by atoms with Crippen molar-refractivity contribution >= 4 is 27.3 Å². The lowest BCUT2D eigenvalue weighted by Gasteiger charge is -2.22. The highest BCUT2D eigenvalue weighted by Crippen LogP contribution is 2.24. The molecule has 0 aliphatic rings. The van der Waals surface area contributed by atoms with Gasteiger partial charge in [-0.2, -0.15) is 0 Å². The monoisotopic (exact) mass is 400 g/mol. The molecule has 1 N–H and O–H groups in total. The van der Waals surface area contributed by atoms with Crippen LogP contribution >= 0.6 is 11.3 Å². The van der Waals surface area contributed by atoms with E-state index in [0.717, 1.165) is 36.8 Å². The molecule has 148 valence electrons. The Morgan fingerprint density at radius 3 is 2.62 bits per heavy atom. The van der Waals surface area contributed by atoms with Gasteiger partial charge in [-0.05, 0) is 38.3 Å². The number of rotatable bonds is 11. The number of aliphatic imine (C=N–C) groups is 1. The number of nitrogens with one attached hydrogen (secondary N) is 1. The highest BCUT2D eigenvalue weighted by molar-refractivity contribution is 7.91. The van der Waals surface area contributed by atoms with Gasteiger partial charge >= 0.3 is 0 Å². The molecule has 0 amide bonds. The van der Waals surface area contributed by atoms with Crippen LogP contribution in [0.15, 0.2) is 34.0 Å². The summed E-state index contributed by atoms with van der Waals surface area (Å²) in [5, 5.41) is 3.30. The highest BCUT2D eigenvalue weighted by Gasteiger charge is 2.19. The summed E-state index contributed by atoms with van der Waals surface area (Å²) < 4.78 is 25.9. The van der Waals surface area contributed by atoms with Crippen LogP contribution in [0.2, 0.25) is 0 Å². The van der Waals surface area contributed by atoms with Crippen LogP contribution in [-0.2, 0) is 16.6 Å². The third kappa shape index (κ3) is 7.09. The summed E-state index contributed by atoms with van der Waals surface area (Å²) in [5.41, 5.74) is 0. The first-order valence-corrected chi connectivity index (χ1v) is 11.2. The second-order valence-electron chi connectivity index (χ2n) is 6.24. The molecule has 6 nitrogen and oxygen atoms in total. The first kappa shape index (κ1) is 22.7. The standard InChI is InChI=1S/C18H32N4O2S2/c1-6-8-9-10-11-14-22(5)18(19-7-2)20-15-16-12-13-17(25-16)26(23,24)21(3)4/h6,12-13H,1,7-11,14-15H2,2-5H3,(H,19,20). The Kier molecular flexibility index (Phi) is 9.90. The lowest BCUT2D eigenvalue weighted by molar-refractivity contribution is 0.455. The summed E-state index contributed by atoms with van der Waals surface area (Å²) >= 11 is 1.27. The number of hydrogen-bond acceptors (Lipinski definition) is 4. The number of hydrogen-bond donors (Lipinski definition) is 1. The van der Waals surface area contributed by atoms with Gasteiger partial charge in [-0.3, -0.25) is 0 Å². The number of sulfonamides is 1. The summed E-state index contributed by atoms with van der Waals surface area (Å²) in [7, 11) is 1.75. The van der Waals surface area contributed by atoms with Gasteiger partial charge in [0.2, 0.25) is 0 Å². The third-order valence-corrected chi connectivity index (χ3v) is 7.21. The van der Waals surface area contributed by atoms with Gasteiger partial charge in [0.25, 0.3) is 10.0 Å². The molecule has 1 aromatic rings. The maximum absolute atomic E-state index is 12.2. The number of allylic oxidation sites excluding steroid dienone is 1. The molecule has 0 unspecified atom stereocenters. The predicted molar refractivity (Wildman–Crippen MR) is 111 cm³/mol. The average Bonchev–Trinajstić information content (AvgIpc) is 3.07. The van der Waals surface area contributed by atoms with Crippen molar-refractivity contribution in [3.05, 3.63) is 29.7 Å². The zero-order chi connectivity index (χ0) is 19.6. The third-order valence-electron chi connectivity index (χ3n) is 3.85. The van der Waals surface area contributed by atoms with E-state index >= 15 is 0 Å². The minimum absolute atomic E-state index is 0.355. The van der Waals surface area contributed by atoms with Gasteiger partial charge in [-0.1, -0.05) is 12.5 Å². The lowest BCUT2D eigenvalue weighted by atomic mass is 10.2. The minimum Gasteiger partial charge on any atom is -0.357 e. The first-order valence-electron chi connectivity index (χ1n) is 8.94. The maximum atomic E-state index is 12.2. The molecule has 0 aliphatic heterocycles. The summed E-state index contributed by atoms with van der Waals surface area (Å²) in [4.78, 5) is 7.71. The van der Waals surface area contributed by atoms with E-state index in [-0.39, 0.29) is 0 Å². The zero-order valence-electron chi connectivity index (χ0n) is 16.4. The van der Waals surface area contributed by atoms with Crippen molar-refractivity contribution in [2.75, 3.05) is 34.2 Å². The van der Waals surface area contributed by atoms with E-state index in [2.05, 4.69) is 21.8 Å². The van der Waals surface area contributed by atoms with Crippen LogP contribution in [0.4, 0.5) is 0 Å². The van der Waals surface area contributed by atoms with Crippen LogP contribution in [0.25, 0.3) is 0 Å². The van der Waals surface area contributed by atoms with Crippen molar-refractivity contribution in [2.24, 2.45) is 4.99 Å². The second kappa shape index (κ2) is 11.4. The zero-order valence-corrected chi connectivity index (χ0v) is 18.0. The Morgan fingerprint density at radius 1 is 1.27 bits per heavy atom. The molecular formula is C18H32N4O2S2. The summed E-state index contributed by atoms with van der Waals surface area (Å²) in [6, 6.07) is 3.49. The normalized spacial score (nSPS) is 12.4. The topological polar surface area (TPSA) is 65.0 Å². The van der Waals surface area contributed by atoms with Crippen LogP contribution in [0.3, 0.4) is 0 Å². The molecule has 1 heterocycles. The van der Waals surface area contributed by atoms with E-state index in [1.807, 2.05) is 26.1 Å². The molecule has 26 heavy (non-hydrogen) atoms. The number of thiophene rings is 1. The van der Waals surface area contributed by atoms with Crippen LogP contribution in [0, 0.1) is 0 Å². The molecular weight excluding hydrogens is 368 g/mol. The van der Waals surface area contributed by atoms with Gasteiger partial charge in [0.05, 0.1) is 6.54 Å². The summed E-state index contributed by atoms with van der Waals surface area (Å²) in [6.45, 7) is 7.99. The van der Waals surface area contributed by atoms with Crippen molar-refractivity contribution in [1.82, 2.24) is 14.5 Å². The molecule has 1 rings (SSSR count). The Bertz CT molecular complexity index is 681. The average molecular weight is 401 g/mol. The van der Waals surface area contributed by atoms with E-state index in [1.54, 1.807) is 20.2 Å². The van der Waals surface area contributed by atoms with E-state index in [0.29, 0.717) is 10.8 Å². The van der Waals surface area contributed by atoms with Crippen LogP contribution < -0.4 is 5.32 Å². The first-order chi connectivity index (χ1) is 12.3. The van der Waals surface area contributed by atoms with Crippen molar-refractivity contribution < 1.29 is 8.42 Å². The van der Waals surface area contributed by atoms with Gasteiger partial charge in [0.1, 0.15) is 4.21 Å². The Morgan fingerprint density at radius 2 is 2.00 bits per heavy atom. The SMILES string of the molecule is C=CCCCCCN(C)C(=NCc1ccc(S(=O)(=O)N(C)C)s1)NCC. The van der Waals surface area contributed by atoms with Crippen molar-refractivity contribution in [3.63, 3.8) is 0 Å². The van der Waals surface area contributed by atoms with Crippen molar-refractivity contribution in [1.29, 1.82) is 0 Å². The van der Waals surface area contributed by atoms with Gasteiger partial charge in [-0.15, -0.1) is 17.9 Å². The van der Waals surface area contributed by atoms with Crippen molar-refractivity contribution in [3.8, 4) is 0 Å². The number of nitrogens with zero attached hydrogens (tertiary/aromatic N) is 3. The Balaban J connectivity index is 2.69. The van der Waals surface area contributed by atoms with E-state index in [4.69, 9.17) is 0 Å². The second-order valence-corrected chi connectivity index (χ2v) is 9.78. The molecule has 0 saturated heterocycles. The van der Waals surface area contributed by atoms with E-state index in [1.165, 1.54) is 28.5 Å². The molecule has 0 spiro atoms. The fraction of sp³-hybridized carbons (Fsp3) is 0.611. The fourth-order valence-corrected chi connectivity index (χ4v) is 4.75. The number of guanidine groups is 1. The highest BCUT2D eigenvalue weighted by atomic mass is 32.2. The summed E-state index contributed by atoms with van der Waals surface area (Å²) in [5.74, 6) is 0.849. The molecule has 0 aromatic carbocycles. The minimum atomic E-state index is -3.37. The fourth-order valence-electron chi connectivity index (χ4n) is 2.30. The van der Waals surface area contributed by atoms with Gasteiger partial charge in [0, 0.05) is 39.1 Å². The van der Waals surface area contributed by atoms with Crippen LogP contribution in [-0.4, -0.2) is 57.8 Å². The smallest absolute Gasteiger partial charge is 0.252 e. The lowest BCUT2D eigenvalue weighted by Crippen LogP contribution is -2.39. The van der Waals surface area contributed by atoms with Crippen LogP contribution in [0.5, 0.6) is 0 Å². The van der Waals surface area contributed by atoms with Crippen molar-refractivity contribution in [2.45, 2.75) is 43.4 Å². The molecule has 1 aromatic heterocycles. The maximum Gasteiger partial charge on any atom is 0.252 e. The Hall–Kier alpha value is -1.38. The van der Waals surface area contributed by atoms with Crippen LogP contribution in [0.1, 0.15) is 37.5 Å². The molecule has 8 heteroatoms. The van der Waals surface area contributed by atoms with Gasteiger partial charge in [0.15, 0.2) is 5.96 Å². The molecule has 0 fully saturated rings. The summed E-state index contributed by atoms with van der Waals surface area (Å²) in [6.07, 6.45) is 6.48. The quantitative estimate of drug-likeness (QED) is 0.268. The van der Waals surface area contributed by atoms with E-state index < -0.39 is 10.0 Å². The number of unbranched alkanes of at least 4 members (excludes halogenated alkanes) is 3. The van der Waals surface area contributed by atoms with Gasteiger partial charge in [-0.25, -0.2) is 17.7 Å². The van der Waals surface area contributed by atoms with E-state index in [9.17, 15) is 8.42 Å². The predicted octanol–water partition coefficient (Wildman–Crippen LogP) is 3.14. The largest absolute Gasteiger partial charge is 0.357 e. The van der Waals surface area contributed by atoms with Gasteiger partial charge < -0.3 is 10.2 Å². The molecule has 0 aliphatic carbocycles. The molecule has 0 radical (unpaired) electrons. The molecule has 0 saturated carbocycles.